The van der Waals surface area contributed by atoms with Crippen LogP contribution < -0.4 is 5.48 Å². The van der Waals surface area contributed by atoms with Crippen molar-refractivity contribution < 1.29 is 9.32 Å². The molecule has 0 rings (SSSR count). The molecule has 0 heterocycles. The molecule has 0 radical (unpaired) electrons. The molecule has 0 aliphatic heterocycles. The van der Waals surface area contributed by atoms with Crippen LogP contribution in [0.3, 0.4) is 0 Å². The van der Waals surface area contributed by atoms with Crippen molar-refractivity contribution in [1.82, 2.24) is 5.48 Å². The first-order valence-corrected chi connectivity index (χ1v) is 9.85. The van der Waals surface area contributed by atoms with Crippen LogP contribution in [0.4, 0.5) is 0 Å². The third-order valence-corrected chi connectivity index (χ3v) is 3.02. The second kappa shape index (κ2) is 6.16. The van der Waals surface area contributed by atoms with E-state index in [0.29, 0.717) is 5.57 Å². The Morgan fingerprint density at radius 3 is 2.50 bits per heavy atom. The van der Waals surface area contributed by atoms with Crippen LogP contribution in [0.1, 0.15) is 12.8 Å². The van der Waals surface area contributed by atoms with Crippen LogP contribution in [0.2, 0.25) is 25.7 Å². The van der Waals surface area contributed by atoms with Gasteiger partial charge in [-0.1, -0.05) is 19.0 Å². The minimum Gasteiger partial charge on any atom is -0.320 e. The molecule has 0 unspecified atom stereocenters. The summed E-state index contributed by atoms with van der Waals surface area (Å²) in [6.07, 6.45) is 1.84. The molecule has 1 amide bonds. The normalized spacial score (nSPS) is 11.4. The first-order chi connectivity index (χ1) is 6.37. The molecule has 0 aromatic rings. The minimum absolute atomic E-state index is 0.164. The summed E-state index contributed by atoms with van der Waals surface area (Å²) in [5, 5.41) is 0. The van der Waals surface area contributed by atoms with E-state index in [9.17, 15) is 4.79 Å². The third-order valence-electron chi connectivity index (χ3n) is 1.60. The van der Waals surface area contributed by atoms with Crippen molar-refractivity contribution in [2.75, 3.05) is 0 Å². The Labute approximate surface area is 90.4 Å². The van der Waals surface area contributed by atoms with Crippen molar-refractivity contribution in [3.05, 3.63) is 12.2 Å². The quantitative estimate of drug-likeness (QED) is 0.421. The van der Waals surface area contributed by atoms with Crippen molar-refractivity contribution in [3.8, 4) is 0 Å². The van der Waals surface area contributed by atoms with E-state index in [1.54, 1.807) is 0 Å². The Morgan fingerprint density at radius 1 is 1.50 bits per heavy atom. The summed E-state index contributed by atoms with van der Waals surface area (Å²) in [6, 6.07) is 1.21. The second-order valence-corrected chi connectivity index (χ2v) is 9.78. The van der Waals surface area contributed by atoms with E-state index in [0.717, 1.165) is 12.8 Å². The fourth-order valence-electron chi connectivity index (χ4n) is 0.775. The molecule has 0 saturated carbocycles. The SMILES string of the molecule is C=C(CCC[SiH3])C(=O)NO[Si](C)(C)C. The molecule has 0 aromatic carbocycles. The second-order valence-electron chi connectivity index (χ2n) is 4.35. The summed E-state index contributed by atoms with van der Waals surface area (Å²) >= 11 is 0. The van der Waals surface area contributed by atoms with Crippen molar-refractivity contribution in [2.45, 2.75) is 38.5 Å². The Morgan fingerprint density at radius 2 is 2.07 bits per heavy atom. The maximum Gasteiger partial charge on any atom is 0.269 e. The van der Waals surface area contributed by atoms with Gasteiger partial charge in [-0.05, 0) is 26.1 Å². The number of carbonyl (C=O) groups excluding carboxylic acids is 1. The van der Waals surface area contributed by atoms with Crippen molar-refractivity contribution in [1.29, 1.82) is 0 Å². The highest BCUT2D eigenvalue weighted by molar-refractivity contribution is 6.69. The molecular formula is C9H21NO2Si2. The Bertz CT molecular complexity index is 211. The van der Waals surface area contributed by atoms with E-state index >= 15 is 0 Å². The van der Waals surface area contributed by atoms with E-state index in [1.165, 1.54) is 16.3 Å². The average molecular weight is 231 g/mol. The number of nitrogens with one attached hydrogen (secondary N) is 1. The monoisotopic (exact) mass is 231 g/mol. The minimum atomic E-state index is -1.66. The molecule has 14 heavy (non-hydrogen) atoms. The third kappa shape index (κ3) is 7.05. The molecule has 0 fully saturated rings. The van der Waals surface area contributed by atoms with Gasteiger partial charge in [0.2, 0.25) is 8.32 Å². The average Bonchev–Trinajstić information content (AvgIpc) is 2.09. The van der Waals surface area contributed by atoms with Crippen LogP contribution in [-0.4, -0.2) is 24.5 Å². The lowest BCUT2D eigenvalue weighted by molar-refractivity contribution is -0.124. The lowest BCUT2D eigenvalue weighted by Crippen LogP contribution is -2.37. The smallest absolute Gasteiger partial charge is 0.269 e. The lowest BCUT2D eigenvalue weighted by atomic mass is 10.2. The molecule has 0 aliphatic carbocycles. The largest absolute Gasteiger partial charge is 0.320 e. The molecule has 1 N–H and O–H groups in total. The Hall–Kier alpha value is -0.396. The zero-order chi connectivity index (χ0) is 11.2. The topological polar surface area (TPSA) is 38.3 Å². The molecular weight excluding hydrogens is 210 g/mol. The highest BCUT2D eigenvalue weighted by Crippen LogP contribution is 2.05. The van der Waals surface area contributed by atoms with Gasteiger partial charge in [-0.15, -0.1) is 0 Å². The van der Waals surface area contributed by atoms with Gasteiger partial charge in [-0.2, -0.15) is 0 Å². The molecule has 82 valence electrons. The van der Waals surface area contributed by atoms with Crippen molar-refractivity contribution in [2.24, 2.45) is 0 Å². The molecule has 0 aliphatic rings. The fourth-order valence-corrected chi connectivity index (χ4v) is 1.53. The number of rotatable bonds is 6. The van der Waals surface area contributed by atoms with Gasteiger partial charge in [0.1, 0.15) is 0 Å². The van der Waals surface area contributed by atoms with Gasteiger partial charge < -0.3 is 4.53 Å². The summed E-state index contributed by atoms with van der Waals surface area (Å²) in [4.78, 5) is 11.4. The van der Waals surface area contributed by atoms with E-state index in [2.05, 4.69) is 12.1 Å². The fraction of sp³-hybridized carbons (Fsp3) is 0.667. The van der Waals surface area contributed by atoms with Crippen molar-refractivity contribution in [3.63, 3.8) is 0 Å². The number of carbonyl (C=O) groups is 1. The maximum absolute atomic E-state index is 11.4. The van der Waals surface area contributed by atoms with Crippen LogP contribution in [0, 0.1) is 0 Å². The zero-order valence-electron chi connectivity index (χ0n) is 9.64. The number of hydrogen-bond acceptors (Lipinski definition) is 2. The summed E-state index contributed by atoms with van der Waals surface area (Å²) in [7, 11) is -0.475. The highest BCUT2D eigenvalue weighted by atomic mass is 28.4. The first kappa shape index (κ1) is 13.6. The molecule has 0 atom stereocenters. The predicted octanol–water partition coefficient (Wildman–Crippen LogP) is 0.989. The van der Waals surface area contributed by atoms with Crippen LogP contribution in [-0.2, 0) is 9.32 Å². The van der Waals surface area contributed by atoms with Gasteiger partial charge in [0.15, 0.2) is 0 Å². The zero-order valence-corrected chi connectivity index (χ0v) is 12.6. The molecule has 3 nitrogen and oxygen atoms in total. The van der Waals surface area contributed by atoms with E-state index in [4.69, 9.17) is 4.53 Å². The summed E-state index contributed by atoms with van der Waals surface area (Å²) in [5.41, 5.74) is 3.09. The lowest BCUT2D eigenvalue weighted by Gasteiger charge is -2.17. The number of hydrogen-bond donors (Lipinski definition) is 1. The van der Waals surface area contributed by atoms with Gasteiger partial charge in [-0.3, -0.25) is 4.79 Å². The van der Waals surface area contributed by atoms with Crippen LogP contribution in [0.25, 0.3) is 0 Å². The van der Waals surface area contributed by atoms with Crippen LogP contribution in [0.15, 0.2) is 12.2 Å². The maximum atomic E-state index is 11.4. The van der Waals surface area contributed by atoms with Crippen molar-refractivity contribution >= 4 is 24.5 Å². The van der Waals surface area contributed by atoms with Gasteiger partial charge in [0.05, 0.1) is 0 Å². The Balaban J connectivity index is 3.79. The highest BCUT2D eigenvalue weighted by Gasteiger charge is 2.17. The first-order valence-electron chi connectivity index (χ1n) is 5.03. The molecule has 0 bridgehead atoms. The van der Waals surface area contributed by atoms with E-state index < -0.39 is 8.32 Å². The number of amides is 1. The van der Waals surface area contributed by atoms with Gasteiger partial charge in [0, 0.05) is 15.8 Å². The number of hydroxylamine groups is 1. The molecule has 0 saturated heterocycles. The van der Waals surface area contributed by atoms with Gasteiger partial charge >= 0.3 is 0 Å². The molecule has 5 heteroatoms. The summed E-state index contributed by atoms with van der Waals surface area (Å²) in [5.74, 6) is -0.164. The molecule has 0 aromatic heterocycles. The predicted molar refractivity (Wildman–Crippen MR) is 65.7 cm³/mol. The van der Waals surface area contributed by atoms with E-state index in [1.807, 2.05) is 19.6 Å². The molecule has 0 spiro atoms. The van der Waals surface area contributed by atoms with Gasteiger partial charge in [-0.25, -0.2) is 5.48 Å². The summed E-state index contributed by atoms with van der Waals surface area (Å²) in [6.45, 7) is 9.80. The van der Waals surface area contributed by atoms with E-state index in [-0.39, 0.29) is 5.91 Å². The van der Waals surface area contributed by atoms with Crippen LogP contribution >= 0.6 is 0 Å². The standard InChI is InChI=1S/C9H21NO2Si2/c1-8(6-5-7-13)9(11)10-12-14(2,3)4/h1,5-7H2,2-4,13H3,(H,10,11). The van der Waals surface area contributed by atoms with Gasteiger partial charge in [0.25, 0.3) is 5.91 Å². The van der Waals surface area contributed by atoms with Crippen LogP contribution in [0.5, 0.6) is 0 Å². The Kier molecular flexibility index (Phi) is 5.98. The summed E-state index contributed by atoms with van der Waals surface area (Å²) < 4.78 is 5.28.